The number of hydrogen-bond donors (Lipinski definition) is 0. The summed E-state index contributed by atoms with van der Waals surface area (Å²) in [5.41, 5.74) is 3.01. The van der Waals surface area contributed by atoms with Gasteiger partial charge in [-0.1, -0.05) is 29.8 Å². The molecule has 0 radical (unpaired) electrons. The van der Waals surface area contributed by atoms with Crippen LogP contribution < -0.4 is 4.18 Å². The van der Waals surface area contributed by atoms with E-state index in [1.807, 2.05) is 19.1 Å². The molecule has 0 saturated heterocycles. The fraction of sp³-hybridized carbons (Fsp3) is 0.211. The van der Waals surface area contributed by atoms with E-state index in [1.54, 1.807) is 32.1 Å². The first kappa shape index (κ1) is 18.7. The van der Waals surface area contributed by atoms with Crippen LogP contribution in [0.5, 0.6) is 5.75 Å². The number of carbonyl (C=O) groups excluding carboxylic acids is 1. The number of esters is 1. The lowest BCUT2D eigenvalue weighted by molar-refractivity contribution is -0.134. The van der Waals surface area contributed by atoms with E-state index in [1.165, 1.54) is 25.3 Å². The van der Waals surface area contributed by atoms with Gasteiger partial charge in [0.05, 0.1) is 7.11 Å². The second kappa shape index (κ2) is 7.53. The van der Waals surface area contributed by atoms with Gasteiger partial charge in [-0.2, -0.15) is 8.42 Å². The van der Waals surface area contributed by atoms with E-state index in [4.69, 9.17) is 4.18 Å². The summed E-state index contributed by atoms with van der Waals surface area (Å²) >= 11 is 0. The van der Waals surface area contributed by atoms with Crippen molar-refractivity contribution in [3.05, 3.63) is 64.7 Å². The van der Waals surface area contributed by atoms with Crippen molar-refractivity contribution in [1.82, 2.24) is 0 Å². The van der Waals surface area contributed by atoms with Crippen molar-refractivity contribution in [3.8, 4) is 5.75 Å². The Morgan fingerprint density at radius 3 is 2.08 bits per heavy atom. The normalized spacial score (nSPS) is 11.5. The lowest BCUT2D eigenvalue weighted by Crippen LogP contribution is -2.13. The molecular weight excluding hydrogens is 340 g/mol. The molecule has 5 nitrogen and oxygen atoms in total. The highest BCUT2D eigenvalue weighted by Gasteiger charge is 2.22. The molecule has 0 spiro atoms. The van der Waals surface area contributed by atoms with Crippen molar-refractivity contribution >= 4 is 22.2 Å². The first-order valence-electron chi connectivity index (χ1n) is 7.61. The summed E-state index contributed by atoms with van der Waals surface area (Å²) in [4.78, 5) is 11.3. The first-order chi connectivity index (χ1) is 11.7. The van der Waals surface area contributed by atoms with Crippen molar-refractivity contribution in [2.45, 2.75) is 25.7 Å². The maximum absolute atomic E-state index is 12.6. The largest absolute Gasteiger partial charge is 0.466 e. The minimum absolute atomic E-state index is 0.188. The Morgan fingerprint density at radius 2 is 1.56 bits per heavy atom. The number of hydrogen-bond acceptors (Lipinski definition) is 5. The fourth-order valence-corrected chi connectivity index (χ4v) is 3.95. The lowest BCUT2D eigenvalue weighted by Gasteiger charge is -2.13. The summed E-state index contributed by atoms with van der Waals surface area (Å²) in [5.74, 6) is -0.261. The van der Waals surface area contributed by atoms with Crippen LogP contribution in [0.1, 0.15) is 22.3 Å². The molecule has 6 heteroatoms. The zero-order chi connectivity index (χ0) is 18.6. The molecule has 2 rings (SSSR count). The molecule has 0 unspecified atom stereocenters. The van der Waals surface area contributed by atoms with Crippen LogP contribution in [0.4, 0.5) is 0 Å². The Morgan fingerprint density at radius 1 is 1.00 bits per heavy atom. The third kappa shape index (κ3) is 4.70. The molecule has 0 atom stereocenters. The summed E-state index contributed by atoms with van der Waals surface area (Å²) in [6.07, 6.45) is 2.85. The van der Waals surface area contributed by atoms with Crippen LogP contribution in [-0.4, -0.2) is 21.5 Å². The highest BCUT2D eigenvalue weighted by molar-refractivity contribution is 7.87. The van der Waals surface area contributed by atoms with Crippen molar-refractivity contribution < 1.29 is 22.1 Å². The Hall–Kier alpha value is -2.60. The molecule has 2 aromatic carbocycles. The monoisotopic (exact) mass is 360 g/mol. The fourth-order valence-electron chi connectivity index (χ4n) is 2.60. The zero-order valence-corrected chi connectivity index (χ0v) is 15.4. The minimum atomic E-state index is -3.93. The Kier molecular flexibility index (Phi) is 5.64. The SMILES string of the molecule is COC(=O)/C=C\c1ccc(OS(=O)(=O)c2c(C)cc(C)cc2C)cc1. The molecule has 132 valence electrons. The third-order valence-corrected chi connectivity index (χ3v) is 5.11. The molecule has 25 heavy (non-hydrogen) atoms. The van der Waals surface area contributed by atoms with E-state index in [2.05, 4.69) is 4.74 Å². The van der Waals surface area contributed by atoms with Crippen molar-refractivity contribution in [2.75, 3.05) is 7.11 Å². The second-order valence-corrected chi connectivity index (χ2v) is 7.17. The van der Waals surface area contributed by atoms with Gasteiger partial charge in [0.2, 0.25) is 0 Å². The molecule has 0 aliphatic rings. The number of methoxy groups -OCH3 is 1. The minimum Gasteiger partial charge on any atom is -0.466 e. The van der Waals surface area contributed by atoms with Crippen LogP contribution in [0.25, 0.3) is 6.08 Å². The van der Waals surface area contributed by atoms with Crippen LogP contribution in [0.3, 0.4) is 0 Å². The van der Waals surface area contributed by atoms with Crippen molar-refractivity contribution in [3.63, 3.8) is 0 Å². The summed E-state index contributed by atoms with van der Waals surface area (Å²) in [6, 6.07) is 9.99. The quantitative estimate of drug-likeness (QED) is 0.463. The molecule has 0 bridgehead atoms. The van der Waals surface area contributed by atoms with Gasteiger partial charge in [0.15, 0.2) is 0 Å². The molecule has 0 N–H and O–H groups in total. The Bertz CT molecular complexity index is 886. The number of rotatable bonds is 5. The summed E-state index contributed by atoms with van der Waals surface area (Å²) in [6.45, 7) is 5.41. The van der Waals surface area contributed by atoms with Gasteiger partial charge in [-0.25, -0.2) is 4.79 Å². The smallest absolute Gasteiger partial charge is 0.339 e. The van der Waals surface area contributed by atoms with E-state index in [0.29, 0.717) is 11.1 Å². The van der Waals surface area contributed by atoms with Gasteiger partial charge in [-0.05, 0) is 55.7 Å². The molecule has 0 aromatic heterocycles. The Labute approximate surface area is 148 Å². The van der Waals surface area contributed by atoms with E-state index < -0.39 is 16.1 Å². The van der Waals surface area contributed by atoms with Crippen LogP contribution >= 0.6 is 0 Å². The van der Waals surface area contributed by atoms with Gasteiger partial charge in [-0.3, -0.25) is 0 Å². The average molecular weight is 360 g/mol. The van der Waals surface area contributed by atoms with E-state index in [-0.39, 0.29) is 10.6 Å². The predicted octanol–water partition coefficient (Wildman–Crippen LogP) is 3.57. The molecule has 0 aliphatic heterocycles. The summed E-state index contributed by atoms with van der Waals surface area (Å²) in [5, 5.41) is 0. The highest BCUT2D eigenvalue weighted by Crippen LogP contribution is 2.25. The molecule has 0 aliphatic carbocycles. The molecule has 0 fully saturated rings. The number of carbonyl (C=O) groups is 1. The maximum Gasteiger partial charge on any atom is 0.339 e. The molecule has 0 saturated carbocycles. The van der Waals surface area contributed by atoms with Gasteiger partial charge in [-0.15, -0.1) is 0 Å². The average Bonchev–Trinajstić information content (AvgIpc) is 2.52. The molecule has 0 heterocycles. The molecular formula is C19H20O5S. The van der Waals surface area contributed by atoms with Gasteiger partial charge in [0.25, 0.3) is 0 Å². The van der Waals surface area contributed by atoms with Crippen LogP contribution in [0.2, 0.25) is 0 Å². The lowest BCUT2D eigenvalue weighted by atomic mass is 10.1. The van der Waals surface area contributed by atoms with E-state index in [0.717, 1.165) is 11.1 Å². The van der Waals surface area contributed by atoms with E-state index >= 15 is 0 Å². The van der Waals surface area contributed by atoms with Gasteiger partial charge >= 0.3 is 16.1 Å². The Balaban J connectivity index is 2.24. The summed E-state index contributed by atoms with van der Waals surface area (Å²) in [7, 11) is -2.63. The third-order valence-electron chi connectivity index (χ3n) is 3.55. The van der Waals surface area contributed by atoms with Crippen molar-refractivity contribution in [2.24, 2.45) is 0 Å². The number of benzene rings is 2. The number of ether oxygens (including phenoxy) is 1. The molecule has 2 aromatic rings. The first-order valence-corrected chi connectivity index (χ1v) is 9.02. The van der Waals surface area contributed by atoms with Crippen LogP contribution in [0, 0.1) is 20.8 Å². The topological polar surface area (TPSA) is 69.7 Å². The van der Waals surface area contributed by atoms with Gasteiger partial charge in [0.1, 0.15) is 10.6 Å². The predicted molar refractivity (Wildman–Crippen MR) is 96.0 cm³/mol. The standard InChI is InChI=1S/C19H20O5S/c1-13-11-14(2)19(15(3)12-13)25(21,22)24-17-8-5-16(6-9-17)7-10-18(20)23-4/h5-12H,1-4H3/b10-7-. The maximum atomic E-state index is 12.6. The van der Waals surface area contributed by atoms with E-state index in [9.17, 15) is 13.2 Å². The van der Waals surface area contributed by atoms with Crippen molar-refractivity contribution in [1.29, 1.82) is 0 Å². The van der Waals surface area contributed by atoms with Crippen LogP contribution in [0.15, 0.2) is 47.4 Å². The highest BCUT2D eigenvalue weighted by atomic mass is 32.2. The number of aryl methyl sites for hydroxylation is 3. The van der Waals surface area contributed by atoms with Gasteiger partial charge < -0.3 is 8.92 Å². The second-order valence-electron chi connectivity index (χ2n) is 5.69. The van der Waals surface area contributed by atoms with Gasteiger partial charge in [0, 0.05) is 6.08 Å². The molecule has 0 amide bonds. The summed E-state index contributed by atoms with van der Waals surface area (Å²) < 4.78 is 35.0. The van der Waals surface area contributed by atoms with Crippen LogP contribution in [-0.2, 0) is 19.6 Å². The zero-order valence-electron chi connectivity index (χ0n) is 14.6.